The molecule has 0 aliphatic rings. The quantitative estimate of drug-likeness (QED) is 0.673. The Balaban J connectivity index is 1.80. The lowest BCUT2D eigenvalue weighted by Gasteiger charge is -2.12. The van der Waals surface area contributed by atoms with Crippen molar-refractivity contribution in [1.82, 2.24) is 0 Å². The molecule has 0 fully saturated rings. The fraction of sp³-hybridized carbons (Fsp3) is 0.130. The minimum Gasteiger partial charge on any atom is -0.495 e. The van der Waals surface area contributed by atoms with E-state index in [9.17, 15) is 9.59 Å². The van der Waals surface area contributed by atoms with Gasteiger partial charge in [0.25, 0.3) is 11.8 Å². The van der Waals surface area contributed by atoms with E-state index in [-0.39, 0.29) is 11.8 Å². The molecule has 0 atom stereocenters. The second kappa shape index (κ2) is 8.39. The zero-order valence-corrected chi connectivity index (χ0v) is 16.1. The molecule has 3 aromatic carbocycles. The number of methoxy groups -OCH3 is 1. The molecule has 0 saturated carbocycles. The van der Waals surface area contributed by atoms with Gasteiger partial charge >= 0.3 is 0 Å². The van der Waals surface area contributed by atoms with E-state index in [4.69, 9.17) is 4.74 Å². The summed E-state index contributed by atoms with van der Waals surface area (Å²) >= 11 is 0. The van der Waals surface area contributed by atoms with E-state index in [0.717, 1.165) is 16.8 Å². The number of nitrogens with one attached hydrogen (secondary N) is 2. The van der Waals surface area contributed by atoms with Gasteiger partial charge in [0.2, 0.25) is 0 Å². The van der Waals surface area contributed by atoms with Crippen LogP contribution in [0.15, 0.2) is 66.7 Å². The first kappa shape index (κ1) is 19.2. The van der Waals surface area contributed by atoms with E-state index in [2.05, 4.69) is 10.6 Å². The minimum atomic E-state index is -0.314. The molecule has 0 bridgehead atoms. The predicted octanol–water partition coefficient (Wildman–Crippen LogP) is 4.82. The van der Waals surface area contributed by atoms with Gasteiger partial charge in [0.05, 0.1) is 12.8 Å². The molecule has 0 heterocycles. The molecule has 0 radical (unpaired) electrons. The van der Waals surface area contributed by atoms with E-state index in [1.54, 1.807) is 43.5 Å². The number of benzene rings is 3. The topological polar surface area (TPSA) is 67.4 Å². The van der Waals surface area contributed by atoms with Crippen LogP contribution >= 0.6 is 0 Å². The lowest BCUT2D eigenvalue weighted by atomic mass is 10.1. The number of hydrogen-bond donors (Lipinski definition) is 2. The zero-order valence-electron chi connectivity index (χ0n) is 16.1. The molecule has 0 saturated heterocycles. The Kier molecular flexibility index (Phi) is 5.75. The Morgan fingerprint density at radius 1 is 0.750 bits per heavy atom. The molecule has 142 valence electrons. The van der Waals surface area contributed by atoms with Gasteiger partial charge < -0.3 is 15.4 Å². The van der Waals surface area contributed by atoms with Gasteiger partial charge in [-0.1, -0.05) is 36.4 Å². The van der Waals surface area contributed by atoms with Gasteiger partial charge in [-0.25, -0.2) is 0 Å². The van der Waals surface area contributed by atoms with E-state index in [1.807, 2.05) is 44.2 Å². The fourth-order valence-corrected chi connectivity index (χ4v) is 2.94. The van der Waals surface area contributed by atoms with Crippen LogP contribution in [0.5, 0.6) is 5.75 Å². The van der Waals surface area contributed by atoms with E-state index in [0.29, 0.717) is 22.6 Å². The summed E-state index contributed by atoms with van der Waals surface area (Å²) in [4.78, 5) is 25.3. The van der Waals surface area contributed by atoms with Crippen molar-refractivity contribution in [2.24, 2.45) is 0 Å². The summed E-state index contributed by atoms with van der Waals surface area (Å²) in [5.74, 6) is -0.00432. The Morgan fingerprint density at radius 2 is 1.32 bits per heavy atom. The van der Waals surface area contributed by atoms with Crippen LogP contribution < -0.4 is 15.4 Å². The largest absolute Gasteiger partial charge is 0.495 e. The fourth-order valence-electron chi connectivity index (χ4n) is 2.94. The van der Waals surface area contributed by atoms with Crippen LogP contribution in [0, 0.1) is 13.8 Å². The highest BCUT2D eigenvalue weighted by atomic mass is 16.5. The number of rotatable bonds is 5. The summed E-state index contributed by atoms with van der Waals surface area (Å²) in [5.41, 5.74) is 4.13. The molecule has 2 N–H and O–H groups in total. The number of amides is 2. The summed E-state index contributed by atoms with van der Waals surface area (Å²) in [6, 6.07) is 19.6. The highest BCUT2D eigenvalue weighted by molar-refractivity contribution is 6.09. The molecule has 3 rings (SSSR count). The normalized spacial score (nSPS) is 10.2. The monoisotopic (exact) mass is 374 g/mol. The molecule has 5 nitrogen and oxygen atoms in total. The molecule has 2 amide bonds. The summed E-state index contributed by atoms with van der Waals surface area (Å²) in [6.45, 7) is 3.89. The number of aryl methyl sites for hydroxylation is 2. The Hall–Kier alpha value is -3.60. The second-order valence-electron chi connectivity index (χ2n) is 6.46. The molecule has 0 aromatic heterocycles. The van der Waals surface area contributed by atoms with Crippen molar-refractivity contribution in [2.75, 3.05) is 17.7 Å². The second-order valence-corrected chi connectivity index (χ2v) is 6.46. The predicted molar refractivity (Wildman–Crippen MR) is 111 cm³/mol. The highest BCUT2D eigenvalue weighted by Gasteiger charge is 2.14. The van der Waals surface area contributed by atoms with Crippen molar-refractivity contribution in [3.63, 3.8) is 0 Å². The van der Waals surface area contributed by atoms with Gasteiger partial charge in [0.1, 0.15) is 5.75 Å². The molecule has 3 aromatic rings. The standard InChI is InChI=1S/C23H22N2O3/c1-15-8-6-9-16(2)21(15)25-23(27)18-11-7-10-17(14-18)22(26)24-19-12-4-5-13-20(19)28-3/h4-14H,1-3H3,(H,24,26)(H,25,27). The molecule has 0 unspecified atom stereocenters. The molecular formula is C23H22N2O3. The van der Waals surface area contributed by atoms with Gasteiger partial charge in [0.15, 0.2) is 0 Å². The average molecular weight is 374 g/mol. The Morgan fingerprint density at radius 3 is 1.96 bits per heavy atom. The maximum Gasteiger partial charge on any atom is 0.255 e. The first-order valence-corrected chi connectivity index (χ1v) is 8.91. The van der Waals surface area contributed by atoms with Crippen LogP contribution in [0.25, 0.3) is 0 Å². The Labute approximate surface area is 164 Å². The summed E-state index contributed by atoms with van der Waals surface area (Å²) in [5, 5.41) is 5.75. The van der Waals surface area contributed by atoms with E-state index < -0.39 is 0 Å². The number of anilines is 2. The lowest BCUT2D eigenvalue weighted by molar-refractivity contribution is 0.102. The van der Waals surface area contributed by atoms with Crippen LogP contribution in [0.2, 0.25) is 0 Å². The van der Waals surface area contributed by atoms with Crippen LogP contribution in [0.3, 0.4) is 0 Å². The molecule has 5 heteroatoms. The van der Waals surface area contributed by atoms with Crippen molar-refractivity contribution < 1.29 is 14.3 Å². The highest BCUT2D eigenvalue weighted by Crippen LogP contribution is 2.24. The number of carbonyl (C=O) groups excluding carboxylic acids is 2. The Bertz CT molecular complexity index is 1010. The molecular weight excluding hydrogens is 352 g/mol. The number of hydrogen-bond acceptors (Lipinski definition) is 3. The smallest absolute Gasteiger partial charge is 0.255 e. The van der Waals surface area contributed by atoms with Crippen molar-refractivity contribution in [2.45, 2.75) is 13.8 Å². The minimum absolute atomic E-state index is 0.260. The maximum atomic E-state index is 12.7. The summed E-state index contributed by atoms with van der Waals surface area (Å²) in [6.07, 6.45) is 0. The third-order valence-electron chi connectivity index (χ3n) is 4.46. The first-order chi connectivity index (χ1) is 13.5. The number of ether oxygens (including phenoxy) is 1. The van der Waals surface area contributed by atoms with Crippen molar-refractivity contribution in [3.8, 4) is 5.75 Å². The number of para-hydroxylation sites is 3. The third kappa shape index (κ3) is 4.20. The summed E-state index contributed by atoms with van der Waals surface area (Å²) < 4.78 is 5.25. The third-order valence-corrected chi connectivity index (χ3v) is 4.46. The van der Waals surface area contributed by atoms with Gasteiger partial charge in [-0.05, 0) is 55.3 Å². The van der Waals surface area contributed by atoms with Gasteiger partial charge in [-0.15, -0.1) is 0 Å². The maximum absolute atomic E-state index is 12.7. The molecule has 0 aliphatic heterocycles. The van der Waals surface area contributed by atoms with Gasteiger partial charge in [-0.3, -0.25) is 9.59 Å². The van der Waals surface area contributed by atoms with E-state index >= 15 is 0 Å². The lowest BCUT2D eigenvalue weighted by Crippen LogP contribution is -2.16. The van der Waals surface area contributed by atoms with Crippen molar-refractivity contribution >= 4 is 23.2 Å². The molecule has 0 aliphatic carbocycles. The van der Waals surface area contributed by atoms with Gasteiger partial charge in [-0.2, -0.15) is 0 Å². The van der Waals surface area contributed by atoms with Crippen LogP contribution in [-0.2, 0) is 0 Å². The number of carbonyl (C=O) groups is 2. The zero-order chi connectivity index (χ0) is 20.1. The summed E-state index contributed by atoms with van der Waals surface area (Å²) in [7, 11) is 1.55. The van der Waals surface area contributed by atoms with Crippen LogP contribution in [0.4, 0.5) is 11.4 Å². The van der Waals surface area contributed by atoms with Crippen LogP contribution in [-0.4, -0.2) is 18.9 Å². The molecule has 28 heavy (non-hydrogen) atoms. The van der Waals surface area contributed by atoms with Gasteiger partial charge in [0, 0.05) is 16.8 Å². The van der Waals surface area contributed by atoms with E-state index in [1.165, 1.54) is 0 Å². The average Bonchev–Trinajstić information content (AvgIpc) is 2.71. The van der Waals surface area contributed by atoms with Crippen LogP contribution in [0.1, 0.15) is 31.8 Å². The first-order valence-electron chi connectivity index (χ1n) is 8.91. The SMILES string of the molecule is COc1ccccc1NC(=O)c1cccc(C(=O)Nc2c(C)cccc2C)c1. The molecule has 0 spiro atoms. The van der Waals surface area contributed by atoms with Crippen molar-refractivity contribution in [3.05, 3.63) is 89.0 Å². The van der Waals surface area contributed by atoms with Crippen molar-refractivity contribution in [1.29, 1.82) is 0 Å².